The van der Waals surface area contributed by atoms with Crippen molar-refractivity contribution < 1.29 is 5.11 Å². The highest BCUT2D eigenvalue weighted by atomic mass is 127. The average molecular weight is 447 g/mol. The summed E-state index contributed by atoms with van der Waals surface area (Å²) in [5, 5.41) is 25.2. The minimum Gasteiger partial charge on any atom is -0.383 e. The summed E-state index contributed by atoms with van der Waals surface area (Å²) in [6.45, 7) is 5.35. The predicted octanol–water partition coefficient (Wildman–Crippen LogP) is 0.734. The van der Waals surface area contributed by atoms with Crippen molar-refractivity contribution in [2.24, 2.45) is 19.1 Å². The van der Waals surface area contributed by atoms with Crippen LogP contribution >= 0.6 is 24.0 Å². The van der Waals surface area contributed by atoms with Crippen molar-refractivity contribution in [3.05, 3.63) is 35.9 Å². The standard InChI is InChI=1S/C15H25N7O.HI/c1-5-16-14(17-6-12-7-19-21(3)9-12)18-11-15(2,23)13-8-20-22(4)10-13;/h7-10,23H,5-6,11H2,1-4H3,(H2,16,17,18);1H. The van der Waals surface area contributed by atoms with E-state index in [2.05, 4.69) is 25.8 Å². The Hall–Kier alpha value is -1.62. The zero-order valence-corrected chi connectivity index (χ0v) is 16.9. The molecule has 9 heteroatoms. The molecule has 0 radical (unpaired) electrons. The Balaban J connectivity index is 0.00000288. The molecule has 134 valence electrons. The Morgan fingerprint density at radius 3 is 2.42 bits per heavy atom. The van der Waals surface area contributed by atoms with Crippen LogP contribution in [-0.4, -0.2) is 43.7 Å². The first kappa shape index (κ1) is 20.4. The quantitative estimate of drug-likeness (QED) is 0.345. The van der Waals surface area contributed by atoms with Crippen molar-refractivity contribution in [1.82, 2.24) is 30.2 Å². The van der Waals surface area contributed by atoms with E-state index in [0.29, 0.717) is 19.0 Å². The smallest absolute Gasteiger partial charge is 0.191 e. The molecular formula is C15H26IN7O. The Morgan fingerprint density at radius 1 is 1.21 bits per heavy atom. The summed E-state index contributed by atoms with van der Waals surface area (Å²) < 4.78 is 3.42. The van der Waals surface area contributed by atoms with Crippen LogP contribution < -0.4 is 10.6 Å². The summed E-state index contributed by atoms with van der Waals surface area (Å²) in [5.41, 5.74) is 0.762. The van der Waals surface area contributed by atoms with Crippen molar-refractivity contribution in [3.8, 4) is 0 Å². The third-order valence-electron chi connectivity index (χ3n) is 3.45. The molecule has 0 aromatic carbocycles. The molecule has 24 heavy (non-hydrogen) atoms. The molecule has 3 N–H and O–H groups in total. The monoisotopic (exact) mass is 447 g/mol. The summed E-state index contributed by atoms with van der Waals surface area (Å²) in [6.07, 6.45) is 7.19. The van der Waals surface area contributed by atoms with E-state index in [1.165, 1.54) is 0 Å². The number of hydrogen-bond acceptors (Lipinski definition) is 4. The van der Waals surface area contributed by atoms with Gasteiger partial charge in [0.25, 0.3) is 0 Å². The number of guanidine groups is 1. The first-order valence-corrected chi connectivity index (χ1v) is 7.62. The van der Waals surface area contributed by atoms with Gasteiger partial charge in [0.05, 0.1) is 25.5 Å². The molecule has 0 spiro atoms. The molecule has 0 amide bonds. The van der Waals surface area contributed by atoms with Gasteiger partial charge in [-0.15, -0.1) is 24.0 Å². The Morgan fingerprint density at radius 2 is 1.88 bits per heavy atom. The van der Waals surface area contributed by atoms with Gasteiger partial charge in [-0.25, -0.2) is 4.99 Å². The number of aliphatic hydroxyl groups is 1. The highest BCUT2D eigenvalue weighted by Crippen LogP contribution is 2.18. The number of hydrogen-bond donors (Lipinski definition) is 3. The molecule has 1 atom stereocenters. The van der Waals surface area contributed by atoms with Crippen LogP contribution in [0.1, 0.15) is 25.0 Å². The fourth-order valence-electron chi connectivity index (χ4n) is 2.12. The predicted molar refractivity (Wildman–Crippen MR) is 104 cm³/mol. The van der Waals surface area contributed by atoms with Crippen molar-refractivity contribution >= 4 is 29.9 Å². The largest absolute Gasteiger partial charge is 0.383 e. The molecule has 0 aliphatic heterocycles. The number of aliphatic imine (C=N–C) groups is 1. The van der Waals surface area contributed by atoms with Crippen LogP contribution in [0.25, 0.3) is 0 Å². The van der Waals surface area contributed by atoms with Gasteiger partial charge in [0, 0.05) is 44.2 Å². The molecule has 2 rings (SSSR count). The van der Waals surface area contributed by atoms with Crippen LogP contribution in [0, 0.1) is 0 Å². The minimum atomic E-state index is -1.03. The summed E-state index contributed by atoms with van der Waals surface area (Å²) >= 11 is 0. The third kappa shape index (κ3) is 5.78. The Labute approximate surface area is 159 Å². The van der Waals surface area contributed by atoms with Gasteiger partial charge < -0.3 is 15.7 Å². The number of nitrogens with zero attached hydrogens (tertiary/aromatic N) is 5. The van der Waals surface area contributed by atoms with E-state index in [9.17, 15) is 5.11 Å². The average Bonchev–Trinajstić information content (AvgIpc) is 3.11. The van der Waals surface area contributed by atoms with Crippen LogP contribution in [0.15, 0.2) is 29.8 Å². The van der Waals surface area contributed by atoms with Gasteiger partial charge >= 0.3 is 0 Å². The van der Waals surface area contributed by atoms with Crippen molar-refractivity contribution in [1.29, 1.82) is 0 Å². The molecule has 0 saturated carbocycles. The lowest BCUT2D eigenvalue weighted by Crippen LogP contribution is -2.44. The topological polar surface area (TPSA) is 92.3 Å². The third-order valence-corrected chi connectivity index (χ3v) is 3.45. The number of nitrogens with one attached hydrogen (secondary N) is 2. The van der Waals surface area contributed by atoms with Gasteiger partial charge in [-0.3, -0.25) is 9.36 Å². The second-order valence-corrected chi connectivity index (χ2v) is 5.75. The maximum Gasteiger partial charge on any atom is 0.191 e. The molecule has 2 aromatic heterocycles. The van der Waals surface area contributed by atoms with E-state index in [-0.39, 0.29) is 24.0 Å². The Kier molecular flexibility index (Phi) is 7.67. The number of aromatic nitrogens is 4. The van der Waals surface area contributed by atoms with Crippen molar-refractivity contribution in [3.63, 3.8) is 0 Å². The lowest BCUT2D eigenvalue weighted by Gasteiger charge is -2.23. The van der Waals surface area contributed by atoms with Gasteiger partial charge in [0.15, 0.2) is 5.96 Å². The molecule has 1 unspecified atom stereocenters. The van der Waals surface area contributed by atoms with E-state index in [1.807, 2.05) is 27.2 Å². The van der Waals surface area contributed by atoms with Gasteiger partial charge in [-0.05, 0) is 13.8 Å². The van der Waals surface area contributed by atoms with Gasteiger partial charge in [-0.1, -0.05) is 0 Å². The summed E-state index contributed by atoms with van der Waals surface area (Å²) in [6, 6.07) is 0. The SMILES string of the molecule is CCNC(=NCc1cnn(C)c1)NCC(C)(O)c1cnn(C)c1.I. The molecule has 0 aliphatic carbocycles. The molecule has 2 heterocycles. The van der Waals surface area contributed by atoms with Gasteiger partial charge in [-0.2, -0.15) is 10.2 Å². The maximum atomic E-state index is 10.6. The number of rotatable bonds is 6. The zero-order valence-electron chi connectivity index (χ0n) is 14.5. The van der Waals surface area contributed by atoms with E-state index in [4.69, 9.17) is 0 Å². The Bertz CT molecular complexity index is 662. The van der Waals surface area contributed by atoms with Crippen LogP contribution in [0.4, 0.5) is 0 Å². The fraction of sp³-hybridized carbons (Fsp3) is 0.533. The molecule has 2 aromatic rings. The van der Waals surface area contributed by atoms with E-state index < -0.39 is 5.60 Å². The van der Waals surface area contributed by atoms with Crippen LogP contribution in [0.3, 0.4) is 0 Å². The second kappa shape index (κ2) is 9.02. The normalized spacial score (nSPS) is 14.0. The van der Waals surface area contributed by atoms with Crippen molar-refractivity contribution in [2.45, 2.75) is 26.0 Å². The molecule has 0 fully saturated rings. The number of aryl methyl sites for hydroxylation is 2. The molecular weight excluding hydrogens is 421 g/mol. The summed E-state index contributed by atoms with van der Waals surface area (Å²) in [5.74, 6) is 0.653. The van der Waals surface area contributed by atoms with Gasteiger partial charge in [0.1, 0.15) is 5.60 Å². The number of halogens is 1. The molecule has 0 saturated heterocycles. The molecule has 0 bridgehead atoms. The lowest BCUT2D eigenvalue weighted by molar-refractivity contribution is 0.0616. The first-order chi connectivity index (χ1) is 10.9. The first-order valence-electron chi connectivity index (χ1n) is 7.62. The van der Waals surface area contributed by atoms with Crippen LogP contribution in [-0.2, 0) is 26.2 Å². The highest BCUT2D eigenvalue weighted by Gasteiger charge is 2.24. The van der Waals surface area contributed by atoms with E-state index >= 15 is 0 Å². The molecule has 0 aliphatic rings. The van der Waals surface area contributed by atoms with E-state index in [1.54, 1.807) is 34.9 Å². The fourth-order valence-corrected chi connectivity index (χ4v) is 2.12. The minimum absolute atomic E-state index is 0. The van der Waals surface area contributed by atoms with Crippen molar-refractivity contribution in [2.75, 3.05) is 13.1 Å². The van der Waals surface area contributed by atoms with Crippen LogP contribution in [0.5, 0.6) is 0 Å². The summed E-state index contributed by atoms with van der Waals surface area (Å²) in [4.78, 5) is 4.51. The van der Waals surface area contributed by atoms with E-state index in [0.717, 1.165) is 17.7 Å². The summed E-state index contributed by atoms with van der Waals surface area (Å²) in [7, 11) is 3.70. The molecule has 8 nitrogen and oxygen atoms in total. The van der Waals surface area contributed by atoms with Gasteiger partial charge in [0.2, 0.25) is 0 Å². The second-order valence-electron chi connectivity index (χ2n) is 5.75. The van der Waals surface area contributed by atoms with Crippen LogP contribution in [0.2, 0.25) is 0 Å². The lowest BCUT2D eigenvalue weighted by atomic mass is 10.00. The highest BCUT2D eigenvalue weighted by molar-refractivity contribution is 14.0. The maximum absolute atomic E-state index is 10.6. The zero-order chi connectivity index (χ0) is 16.9.